The van der Waals surface area contributed by atoms with Crippen LogP contribution in [0.2, 0.25) is 0 Å². The van der Waals surface area contributed by atoms with Gasteiger partial charge in [0.05, 0.1) is 12.3 Å². The maximum Gasteiger partial charge on any atom is 0.240 e. The summed E-state index contributed by atoms with van der Waals surface area (Å²) in [4.78, 5) is 13.5. The van der Waals surface area contributed by atoms with Crippen molar-refractivity contribution < 1.29 is 18.3 Å². The Hall–Kier alpha value is -2.02. The largest absolute Gasteiger partial charge is 0.488 e. The summed E-state index contributed by atoms with van der Waals surface area (Å²) in [5.41, 5.74) is 3.12. The molecule has 0 aliphatic carbocycles. The van der Waals surface area contributed by atoms with Gasteiger partial charge in [-0.15, -0.1) is 0 Å². The third-order valence-electron chi connectivity index (χ3n) is 4.76. The standard InChI is InChI=1S/C18H23F2N3O2/c1-12-4-2-7-23(12)8-3-9-25-18-14(19)10-13(11-15(18)20)16-5-6-17(24)22-21-16/h10-12H,2-9H2,1H3,(H,22,24)/t12-/m1/s1. The second-order valence-electron chi connectivity index (χ2n) is 6.59. The zero-order valence-electron chi connectivity index (χ0n) is 14.4. The van der Waals surface area contributed by atoms with Gasteiger partial charge in [-0.25, -0.2) is 14.2 Å². The van der Waals surface area contributed by atoms with E-state index in [0.717, 1.165) is 19.5 Å². The molecule has 2 aliphatic rings. The predicted octanol–water partition coefficient (Wildman–Crippen LogP) is 2.83. The molecule has 0 aromatic heterocycles. The molecule has 0 unspecified atom stereocenters. The molecule has 0 bridgehead atoms. The highest BCUT2D eigenvalue weighted by Gasteiger charge is 2.20. The molecule has 5 nitrogen and oxygen atoms in total. The lowest BCUT2D eigenvalue weighted by molar-refractivity contribution is -0.121. The van der Waals surface area contributed by atoms with Crippen molar-refractivity contribution in [3.8, 4) is 5.75 Å². The molecule has 3 rings (SSSR count). The van der Waals surface area contributed by atoms with Crippen LogP contribution in [0, 0.1) is 11.6 Å². The van der Waals surface area contributed by atoms with Crippen LogP contribution in [-0.2, 0) is 4.79 Å². The van der Waals surface area contributed by atoms with Gasteiger partial charge >= 0.3 is 0 Å². The number of benzene rings is 1. The minimum atomic E-state index is -0.746. The molecule has 1 atom stereocenters. The van der Waals surface area contributed by atoms with E-state index < -0.39 is 11.6 Å². The van der Waals surface area contributed by atoms with Crippen LogP contribution in [0.5, 0.6) is 5.75 Å². The van der Waals surface area contributed by atoms with Crippen LogP contribution in [0.3, 0.4) is 0 Å². The van der Waals surface area contributed by atoms with E-state index in [9.17, 15) is 13.6 Å². The second-order valence-corrected chi connectivity index (χ2v) is 6.59. The number of nitrogens with one attached hydrogen (secondary N) is 1. The SMILES string of the molecule is C[C@@H]1CCCN1CCCOc1c(F)cc(C2=NNC(=O)CC2)cc1F. The fourth-order valence-corrected chi connectivity index (χ4v) is 3.31. The highest BCUT2D eigenvalue weighted by molar-refractivity contribution is 6.04. The van der Waals surface area contributed by atoms with E-state index in [-0.39, 0.29) is 24.7 Å². The number of likely N-dealkylation sites (tertiary alicyclic amines) is 1. The molecule has 0 saturated carbocycles. The van der Waals surface area contributed by atoms with Crippen LogP contribution in [0.25, 0.3) is 0 Å². The highest BCUT2D eigenvalue weighted by atomic mass is 19.1. The van der Waals surface area contributed by atoms with Crippen LogP contribution in [0.1, 0.15) is 44.6 Å². The Labute approximate surface area is 146 Å². The van der Waals surface area contributed by atoms with Gasteiger partial charge < -0.3 is 9.64 Å². The average Bonchev–Trinajstić information content (AvgIpc) is 2.99. The summed E-state index contributed by atoms with van der Waals surface area (Å²) in [6.45, 7) is 4.42. The van der Waals surface area contributed by atoms with Crippen LogP contribution in [0.4, 0.5) is 8.78 Å². The molecule has 1 aromatic carbocycles. The molecule has 7 heteroatoms. The summed E-state index contributed by atoms with van der Waals surface area (Å²) >= 11 is 0. The van der Waals surface area contributed by atoms with Crippen LogP contribution in [0.15, 0.2) is 17.2 Å². The van der Waals surface area contributed by atoms with Crippen molar-refractivity contribution >= 4 is 11.6 Å². The maximum absolute atomic E-state index is 14.2. The third-order valence-corrected chi connectivity index (χ3v) is 4.76. The van der Waals surface area contributed by atoms with E-state index in [2.05, 4.69) is 22.4 Å². The quantitative estimate of drug-likeness (QED) is 0.802. The monoisotopic (exact) mass is 351 g/mol. The lowest BCUT2D eigenvalue weighted by Crippen LogP contribution is -2.28. The van der Waals surface area contributed by atoms with Gasteiger partial charge in [0.2, 0.25) is 5.91 Å². The first-order valence-corrected chi connectivity index (χ1v) is 8.76. The fourth-order valence-electron chi connectivity index (χ4n) is 3.31. The molecule has 2 aliphatic heterocycles. The minimum absolute atomic E-state index is 0.197. The number of halogens is 2. The number of hydrogen-bond donors (Lipinski definition) is 1. The minimum Gasteiger partial charge on any atom is -0.488 e. The zero-order valence-corrected chi connectivity index (χ0v) is 14.4. The molecule has 1 N–H and O–H groups in total. The first-order chi connectivity index (χ1) is 12.0. The number of amides is 1. The number of carbonyl (C=O) groups excluding carboxylic acids is 1. The van der Waals surface area contributed by atoms with E-state index >= 15 is 0 Å². The normalized spacial score (nSPS) is 21.2. The Bertz CT molecular complexity index is 655. The van der Waals surface area contributed by atoms with Gasteiger partial charge in [-0.05, 0) is 44.9 Å². The van der Waals surface area contributed by atoms with Crippen molar-refractivity contribution in [3.63, 3.8) is 0 Å². The Kier molecular flexibility index (Phi) is 5.63. The van der Waals surface area contributed by atoms with E-state index in [1.165, 1.54) is 25.0 Å². The summed E-state index contributed by atoms with van der Waals surface area (Å²) < 4.78 is 33.8. The zero-order chi connectivity index (χ0) is 17.8. The first kappa shape index (κ1) is 17.8. The lowest BCUT2D eigenvalue weighted by atomic mass is 10.0. The molecule has 1 fully saturated rings. The Balaban J connectivity index is 1.58. The Morgan fingerprint density at radius 1 is 1.32 bits per heavy atom. The smallest absolute Gasteiger partial charge is 0.240 e. The molecule has 2 heterocycles. The lowest BCUT2D eigenvalue weighted by Gasteiger charge is -2.20. The first-order valence-electron chi connectivity index (χ1n) is 8.76. The van der Waals surface area contributed by atoms with Gasteiger partial charge in [-0.1, -0.05) is 0 Å². The molecule has 136 valence electrons. The molecule has 25 heavy (non-hydrogen) atoms. The van der Waals surface area contributed by atoms with E-state index in [4.69, 9.17) is 4.74 Å². The summed E-state index contributed by atoms with van der Waals surface area (Å²) in [7, 11) is 0. The number of hydrogen-bond acceptors (Lipinski definition) is 4. The molecular weight excluding hydrogens is 328 g/mol. The topological polar surface area (TPSA) is 53.9 Å². The molecule has 1 amide bonds. The number of ether oxygens (including phenoxy) is 1. The van der Waals surface area contributed by atoms with E-state index in [0.29, 0.717) is 23.7 Å². The van der Waals surface area contributed by atoms with Crippen molar-refractivity contribution in [2.24, 2.45) is 5.10 Å². The predicted molar refractivity (Wildman–Crippen MR) is 90.7 cm³/mol. The molecule has 0 spiro atoms. The summed E-state index contributed by atoms with van der Waals surface area (Å²) in [5, 5.41) is 3.86. The van der Waals surface area contributed by atoms with E-state index in [1.54, 1.807) is 0 Å². The van der Waals surface area contributed by atoms with Crippen LogP contribution in [-0.4, -0.2) is 42.3 Å². The third kappa shape index (κ3) is 4.34. The van der Waals surface area contributed by atoms with Gasteiger partial charge in [0.1, 0.15) is 0 Å². The molecular formula is C18H23F2N3O2. The van der Waals surface area contributed by atoms with Crippen molar-refractivity contribution in [1.82, 2.24) is 10.3 Å². The fraction of sp³-hybridized carbons (Fsp3) is 0.556. The van der Waals surface area contributed by atoms with Gasteiger partial charge in [0, 0.05) is 31.0 Å². The van der Waals surface area contributed by atoms with Crippen molar-refractivity contribution in [2.45, 2.75) is 45.1 Å². The van der Waals surface area contributed by atoms with Gasteiger partial charge in [-0.3, -0.25) is 4.79 Å². The summed E-state index contributed by atoms with van der Waals surface area (Å²) in [5.74, 6) is -2.04. The number of rotatable bonds is 6. The summed E-state index contributed by atoms with van der Waals surface area (Å²) in [6, 6.07) is 2.98. The Morgan fingerprint density at radius 3 is 2.68 bits per heavy atom. The number of hydrazone groups is 1. The average molecular weight is 351 g/mol. The van der Waals surface area contributed by atoms with Gasteiger partial charge in [-0.2, -0.15) is 5.10 Å². The molecule has 1 aromatic rings. The van der Waals surface area contributed by atoms with Gasteiger partial charge in [0.25, 0.3) is 0 Å². The van der Waals surface area contributed by atoms with Crippen LogP contribution >= 0.6 is 0 Å². The molecule has 1 saturated heterocycles. The van der Waals surface area contributed by atoms with Crippen molar-refractivity contribution in [2.75, 3.05) is 19.7 Å². The maximum atomic E-state index is 14.2. The number of carbonyl (C=O) groups is 1. The van der Waals surface area contributed by atoms with Crippen LogP contribution < -0.4 is 10.2 Å². The van der Waals surface area contributed by atoms with Crippen molar-refractivity contribution in [1.29, 1.82) is 0 Å². The summed E-state index contributed by atoms with van der Waals surface area (Å²) in [6.07, 6.45) is 3.75. The highest BCUT2D eigenvalue weighted by Crippen LogP contribution is 2.25. The second kappa shape index (κ2) is 7.91. The Morgan fingerprint density at radius 2 is 2.08 bits per heavy atom. The van der Waals surface area contributed by atoms with E-state index in [1.807, 2.05) is 0 Å². The van der Waals surface area contributed by atoms with Crippen molar-refractivity contribution in [3.05, 3.63) is 29.3 Å². The molecule has 0 radical (unpaired) electrons. The number of nitrogens with zero attached hydrogens (tertiary/aromatic N) is 2. The van der Waals surface area contributed by atoms with Gasteiger partial charge in [0.15, 0.2) is 17.4 Å².